The summed E-state index contributed by atoms with van der Waals surface area (Å²) in [6.07, 6.45) is 2.59. The molecule has 0 saturated carbocycles. The zero-order chi connectivity index (χ0) is 18.8. The predicted molar refractivity (Wildman–Crippen MR) is 102 cm³/mol. The number of likely N-dealkylation sites (tertiary alicyclic amines) is 1. The van der Waals surface area contributed by atoms with Crippen LogP contribution in [-0.2, 0) is 22.4 Å². The number of hydrogen-bond acceptors (Lipinski definition) is 2. The lowest BCUT2D eigenvalue weighted by molar-refractivity contribution is -0.128. The van der Waals surface area contributed by atoms with Gasteiger partial charge in [-0.25, -0.2) is 4.39 Å². The normalized spacial score (nSPS) is 19.3. The van der Waals surface area contributed by atoms with E-state index in [1.54, 1.807) is 15.9 Å². The molecular weight excluding hydrogens is 343 g/mol. The van der Waals surface area contributed by atoms with Gasteiger partial charge in [0.2, 0.25) is 11.8 Å². The Morgan fingerprint density at radius 2 is 1.93 bits per heavy atom. The number of benzene rings is 2. The molecule has 2 heterocycles. The van der Waals surface area contributed by atoms with Gasteiger partial charge in [0.25, 0.3) is 0 Å². The number of para-hydroxylation sites is 1. The Labute approximate surface area is 158 Å². The van der Waals surface area contributed by atoms with E-state index in [1.807, 2.05) is 36.4 Å². The maximum Gasteiger partial charge on any atom is 0.232 e. The molecule has 0 radical (unpaired) electrons. The van der Waals surface area contributed by atoms with Crippen LogP contribution in [-0.4, -0.2) is 36.3 Å². The number of rotatable bonds is 4. The van der Waals surface area contributed by atoms with Crippen molar-refractivity contribution in [2.24, 2.45) is 5.92 Å². The van der Waals surface area contributed by atoms with Crippen molar-refractivity contribution in [3.05, 3.63) is 65.5 Å². The van der Waals surface area contributed by atoms with Gasteiger partial charge in [0, 0.05) is 26.1 Å². The van der Waals surface area contributed by atoms with E-state index in [0.717, 1.165) is 24.8 Å². The Kier molecular flexibility index (Phi) is 4.92. The van der Waals surface area contributed by atoms with E-state index < -0.39 is 0 Å². The first kappa shape index (κ1) is 17.7. The third kappa shape index (κ3) is 3.59. The van der Waals surface area contributed by atoms with Gasteiger partial charge in [-0.15, -0.1) is 0 Å². The van der Waals surface area contributed by atoms with Gasteiger partial charge in [0.15, 0.2) is 0 Å². The van der Waals surface area contributed by atoms with E-state index in [1.165, 1.54) is 11.6 Å². The lowest BCUT2D eigenvalue weighted by atomic mass is 9.98. The summed E-state index contributed by atoms with van der Waals surface area (Å²) in [4.78, 5) is 28.8. The molecule has 0 spiro atoms. The third-order valence-electron chi connectivity index (χ3n) is 5.51. The second-order valence-electron chi connectivity index (χ2n) is 7.32. The van der Waals surface area contributed by atoms with Crippen molar-refractivity contribution >= 4 is 17.5 Å². The van der Waals surface area contributed by atoms with Gasteiger partial charge in [0.1, 0.15) is 5.82 Å². The highest BCUT2D eigenvalue weighted by Gasteiger charge is 2.38. The maximum absolute atomic E-state index is 14.4. The summed E-state index contributed by atoms with van der Waals surface area (Å²) in [5.74, 6) is -0.865. The summed E-state index contributed by atoms with van der Waals surface area (Å²) in [6, 6.07) is 15.0. The molecule has 1 atom stereocenters. The minimum atomic E-state index is -0.390. The van der Waals surface area contributed by atoms with E-state index in [2.05, 4.69) is 0 Å². The topological polar surface area (TPSA) is 40.6 Å². The Morgan fingerprint density at radius 3 is 2.74 bits per heavy atom. The summed E-state index contributed by atoms with van der Waals surface area (Å²) in [7, 11) is 0. The molecule has 1 fully saturated rings. The molecule has 0 N–H and O–H groups in total. The fourth-order valence-corrected chi connectivity index (χ4v) is 4.11. The predicted octanol–water partition coefficient (Wildman–Crippen LogP) is 3.20. The first-order valence-electron chi connectivity index (χ1n) is 9.54. The second-order valence-corrected chi connectivity index (χ2v) is 7.32. The van der Waals surface area contributed by atoms with Crippen molar-refractivity contribution in [2.75, 3.05) is 24.5 Å². The quantitative estimate of drug-likeness (QED) is 0.834. The highest BCUT2D eigenvalue weighted by atomic mass is 19.1. The van der Waals surface area contributed by atoms with Crippen molar-refractivity contribution in [3.63, 3.8) is 0 Å². The van der Waals surface area contributed by atoms with Crippen LogP contribution in [0.5, 0.6) is 0 Å². The molecular formula is C22H23FN2O2. The van der Waals surface area contributed by atoms with Crippen molar-refractivity contribution < 1.29 is 14.0 Å². The van der Waals surface area contributed by atoms with Crippen LogP contribution in [0.2, 0.25) is 0 Å². The number of hydrogen-bond donors (Lipinski definition) is 0. The van der Waals surface area contributed by atoms with Crippen LogP contribution in [0, 0.1) is 11.7 Å². The van der Waals surface area contributed by atoms with Crippen LogP contribution in [0.4, 0.5) is 10.1 Å². The number of amides is 2. The molecule has 1 saturated heterocycles. The highest BCUT2D eigenvalue weighted by Crippen LogP contribution is 2.32. The van der Waals surface area contributed by atoms with Crippen molar-refractivity contribution in [3.8, 4) is 0 Å². The van der Waals surface area contributed by atoms with Crippen LogP contribution in [0.1, 0.15) is 24.0 Å². The average Bonchev–Trinajstić information content (AvgIpc) is 3.07. The monoisotopic (exact) mass is 366 g/mol. The molecule has 5 heteroatoms. The number of carbonyl (C=O) groups is 2. The summed E-state index contributed by atoms with van der Waals surface area (Å²) in [5, 5.41) is 0. The summed E-state index contributed by atoms with van der Waals surface area (Å²) in [6.45, 7) is 1.55. The molecule has 4 rings (SSSR count). The van der Waals surface area contributed by atoms with E-state index in [0.29, 0.717) is 25.3 Å². The number of carbonyl (C=O) groups excluding carboxylic acids is 2. The second kappa shape index (κ2) is 7.51. The van der Waals surface area contributed by atoms with Crippen molar-refractivity contribution in [2.45, 2.75) is 25.7 Å². The highest BCUT2D eigenvalue weighted by molar-refractivity contribution is 6.00. The minimum absolute atomic E-state index is 0.00930. The van der Waals surface area contributed by atoms with Crippen LogP contribution < -0.4 is 4.90 Å². The first-order chi connectivity index (χ1) is 13.1. The molecule has 0 aliphatic carbocycles. The van der Waals surface area contributed by atoms with Crippen molar-refractivity contribution in [1.82, 2.24) is 4.90 Å². The molecule has 4 nitrogen and oxygen atoms in total. The number of fused-ring (bicyclic) bond motifs is 1. The van der Waals surface area contributed by atoms with Gasteiger partial charge < -0.3 is 9.80 Å². The molecule has 27 heavy (non-hydrogen) atoms. The largest absolute Gasteiger partial charge is 0.342 e. The zero-order valence-electron chi connectivity index (χ0n) is 15.2. The standard InChI is InChI=1S/C22H23FN2O2/c23-19-10-4-8-17-9-5-12-25(21(17)19)22(27)18-14-20(26)24(15-18)13-11-16-6-2-1-3-7-16/h1-4,6-8,10,18H,5,9,11-15H2. The van der Waals surface area contributed by atoms with Gasteiger partial charge in [0.05, 0.1) is 11.6 Å². The Bertz CT molecular complexity index is 853. The van der Waals surface area contributed by atoms with Gasteiger partial charge in [-0.1, -0.05) is 42.5 Å². The SMILES string of the molecule is O=C1CC(C(=O)N2CCCc3cccc(F)c32)CN1CCc1ccccc1. The van der Waals surface area contributed by atoms with E-state index in [9.17, 15) is 14.0 Å². The van der Waals surface area contributed by atoms with Crippen LogP contribution in [0.15, 0.2) is 48.5 Å². The van der Waals surface area contributed by atoms with Crippen molar-refractivity contribution in [1.29, 1.82) is 0 Å². The average molecular weight is 366 g/mol. The molecule has 2 aromatic rings. The number of nitrogens with zero attached hydrogens (tertiary/aromatic N) is 2. The van der Waals surface area contributed by atoms with Crippen LogP contribution in [0.25, 0.3) is 0 Å². The van der Waals surface area contributed by atoms with Gasteiger partial charge >= 0.3 is 0 Å². The molecule has 0 aromatic heterocycles. The number of anilines is 1. The first-order valence-corrected chi connectivity index (χ1v) is 9.54. The van der Waals surface area contributed by atoms with Gasteiger partial charge in [-0.2, -0.15) is 0 Å². The molecule has 2 aromatic carbocycles. The Morgan fingerprint density at radius 1 is 1.11 bits per heavy atom. The van der Waals surface area contributed by atoms with Gasteiger partial charge in [-0.05, 0) is 36.5 Å². The molecule has 1 unspecified atom stereocenters. The summed E-state index contributed by atoms with van der Waals surface area (Å²) < 4.78 is 14.4. The summed E-state index contributed by atoms with van der Waals surface area (Å²) >= 11 is 0. The fraction of sp³-hybridized carbons (Fsp3) is 0.364. The zero-order valence-corrected chi connectivity index (χ0v) is 15.2. The smallest absolute Gasteiger partial charge is 0.232 e. The summed E-state index contributed by atoms with van der Waals surface area (Å²) in [5.41, 5.74) is 2.45. The fourth-order valence-electron chi connectivity index (χ4n) is 4.11. The lowest BCUT2D eigenvalue weighted by Gasteiger charge is -2.31. The van der Waals surface area contributed by atoms with E-state index >= 15 is 0 Å². The molecule has 0 bridgehead atoms. The number of aryl methyl sites for hydroxylation is 1. The Hall–Kier alpha value is -2.69. The van der Waals surface area contributed by atoms with Crippen LogP contribution >= 0.6 is 0 Å². The van der Waals surface area contributed by atoms with Crippen LogP contribution in [0.3, 0.4) is 0 Å². The Balaban J connectivity index is 1.44. The maximum atomic E-state index is 14.4. The molecule has 140 valence electrons. The number of halogens is 1. The lowest BCUT2D eigenvalue weighted by Crippen LogP contribution is -2.41. The van der Waals surface area contributed by atoms with E-state index in [-0.39, 0.29) is 30.0 Å². The van der Waals surface area contributed by atoms with Gasteiger partial charge in [-0.3, -0.25) is 9.59 Å². The molecule has 2 aliphatic rings. The molecule has 2 aliphatic heterocycles. The minimum Gasteiger partial charge on any atom is -0.342 e. The molecule has 2 amide bonds. The van der Waals surface area contributed by atoms with E-state index in [4.69, 9.17) is 0 Å². The third-order valence-corrected chi connectivity index (χ3v) is 5.51.